The maximum atomic E-state index is 13.8. The fraction of sp³-hybridized carbons (Fsp3) is 0.556. The average Bonchev–Trinajstić information content (AvgIpc) is 3.06. The molecule has 0 radical (unpaired) electrons. The van der Waals surface area contributed by atoms with Gasteiger partial charge < -0.3 is 40.3 Å². The van der Waals surface area contributed by atoms with Crippen molar-refractivity contribution in [3.63, 3.8) is 0 Å². The van der Waals surface area contributed by atoms with Crippen LogP contribution in [0.4, 0.5) is 9.59 Å². The van der Waals surface area contributed by atoms with Gasteiger partial charge in [0.1, 0.15) is 18.4 Å². The molecular weight excluding hydrogens is 642 g/mol. The molecule has 0 unspecified atom stereocenters. The Bertz CT molecular complexity index is 1360. The maximum Gasteiger partial charge on any atom is 0.319 e. The lowest BCUT2D eigenvalue weighted by Crippen LogP contribution is -2.65. The number of nitrogens with one attached hydrogen (secondary N) is 4. The molecule has 0 aliphatic heterocycles. The normalized spacial score (nSPS) is 13.6. The van der Waals surface area contributed by atoms with Gasteiger partial charge in [-0.3, -0.25) is 15.0 Å². The molecule has 2 rings (SSSR count). The first-order valence-corrected chi connectivity index (χ1v) is 16.9. The van der Waals surface area contributed by atoms with E-state index in [9.17, 15) is 24.3 Å². The number of hydrazine groups is 1. The highest BCUT2D eigenvalue weighted by Gasteiger charge is 2.42. The van der Waals surface area contributed by atoms with Crippen LogP contribution in [0.1, 0.15) is 45.2 Å². The van der Waals surface area contributed by atoms with E-state index in [2.05, 4.69) is 21.4 Å². The molecule has 6 amide bonds. The molecule has 0 heterocycles. The molecule has 0 saturated heterocycles. The van der Waals surface area contributed by atoms with Gasteiger partial charge in [-0.1, -0.05) is 70.2 Å². The van der Waals surface area contributed by atoms with E-state index in [-0.39, 0.29) is 19.0 Å². The molecule has 0 spiro atoms. The van der Waals surface area contributed by atoms with E-state index < -0.39 is 47.6 Å². The number of carbonyl (C=O) groups excluding carboxylic acids is 4. The van der Waals surface area contributed by atoms with Crippen LogP contribution < -0.4 is 26.1 Å². The van der Waals surface area contributed by atoms with E-state index in [0.717, 1.165) is 11.1 Å². The highest BCUT2D eigenvalue weighted by Crippen LogP contribution is 2.18. The number of urea groups is 2. The summed E-state index contributed by atoms with van der Waals surface area (Å²) in [5.74, 6) is -1.45. The summed E-state index contributed by atoms with van der Waals surface area (Å²) in [5, 5.41) is 21.4. The van der Waals surface area contributed by atoms with Gasteiger partial charge in [0.05, 0.1) is 6.61 Å². The fourth-order valence-electron chi connectivity index (χ4n) is 4.82. The number of rotatable bonds is 19. The highest BCUT2D eigenvalue weighted by molar-refractivity contribution is 5.90. The van der Waals surface area contributed by atoms with Crippen LogP contribution in [0.15, 0.2) is 54.6 Å². The second kappa shape index (κ2) is 20.3. The van der Waals surface area contributed by atoms with Crippen LogP contribution in [0.3, 0.4) is 0 Å². The third kappa shape index (κ3) is 13.5. The third-order valence-electron chi connectivity index (χ3n) is 8.04. The molecule has 50 heavy (non-hydrogen) atoms. The van der Waals surface area contributed by atoms with Crippen molar-refractivity contribution < 1.29 is 33.8 Å². The van der Waals surface area contributed by atoms with Gasteiger partial charge in [-0.25, -0.2) is 14.6 Å². The van der Waals surface area contributed by atoms with Crippen molar-refractivity contribution in [1.82, 2.24) is 36.2 Å². The quantitative estimate of drug-likeness (QED) is 0.0849. The molecule has 278 valence electrons. The van der Waals surface area contributed by atoms with Crippen LogP contribution >= 0.6 is 0 Å². The lowest BCUT2D eigenvalue weighted by atomic mass is 9.97. The number of benzene rings is 2. The van der Waals surface area contributed by atoms with Crippen LogP contribution in [0.2, 0.25) is 0 Å². The summed E-state index contributed by atoms with van der Waals surface area (Å²) in [5.41, 5.74) is 2.65. The van der Waals surface area contributed by atoms with Gasteiger partial charge in [-0.05, 0) is 42.0 Å². The van der Waals surface area contributed by atoms with Gasteiger partial charge in [0.2, 0.25) is 5.72 Å². The predicted molar refractivity (Wildman–Crippen MR) is 192 cm³/mol. The van der Waals surface area contributed by atoms with Crippen molar-refractivity contribution in [1.29, 1.82) is 0 Å². The molecule has 0 bridgehead atoms. The summed E-state index contributed by atoms with van der Waals surface area (Å²) >= 11 is 0. The van der Waals surface area contributed by atoms with E-state index >= 15 is 0 Å². The first-order valence-electron chi connectivity index (χ1n) is 16.9. The lowest BCUT2D eigenvalue weighted by Gasteiger charge is -2.36. The Morgan fingerprint density at radius 1 is 0.820 bits per heavy atom. The number of ether oxygens (including phenoxy) is 2. The van der Waals surface area contributed by atoms with Crippen molar-refractivity contribution >= 4 is 23.9 Å². The molecular formula is C36H57N7O7. The number of methoxy groups -OCH3 is 1. The van der Waals surface area contributed by atoms with Gasteiger partial charge in [0, 0.05) is 60.3 Å². The third-order valence-corrected chi connectivity index (χ3v) is 8.04. The number of carbonyl (C=O) groups is 4. The summed E-state index contributed by atoms with van der Waals surface area (Å²) in [6, 6.07) is 14.7. The first kappa shape index (κ1) is 41.8. The number of nitrogens with zero attached hydrogens (tertiary/aromatic N) is 3. The topological polar surface area (TPSA) is 165 Å². The van der Waals surface area contributed by atoms with Crippen molar-refractivity contribution in [2.24, 2.45) is 11.8 Å². The zero-order chi connectivity index (χ0) is 37.4. The Morgan fingerprint density at radius 3 is 1.98 bits per heavy atom. The van der Waals surface area contributed by atoms with Gasteiger partial charge in [-0.2, -0.15) is 0 Å². The van der Waals surface area contributed by atoms with Gasteiger partial charge >= 0.3 is 12.1 Å². The summed E-state index contributed by atoms with van der Waals surface area (Å²) in [6.07, 6.45) is 1.02. The molecule has 3 atom stereocenters. The Balaban J connectivity index is 2.46. The molecule has 0 aliphatic rings. The molecule has 14 nitrogen and oxygen atoms in total. The summed E-state index contributed by atoms with van der Waals surface area (Å²) in [4.78, 5) is 55.3. The summed E-state index contributed by atoms with van der Waals surface area (Å²) in [7, 11) is 7.82. The molecule has 0 aliphatic carbocycles. The Kier molecular flexibility index (Phi) is 17.0. The minimum atomic E-state index is -2.21. The van der Waals surface area contributed by atoms with Gasteiger partial charge in [0.15, 0.2) is 0 Å². The first-order chi connectivity index (χ1) is 23.6. The number of aliphatic hydroxyl groups is 1. The summed E-state index contributed by atoms with van der Waals surface area (Å²) < 4.78 is 10.8. The van der Waals surface area contributed by atoms with Crippen LogP contribution in [0.5, 0.6) is 5.75 Å². The van der Waals surface area contributed by atoms with Crippen LogP contribution in [0, 0.1) is 11.8 Å². The van der Waals surface area contributed by atoms with E-state index in [1.165, 1.54) is 23.9 Å². The van der Waals surface area contributed by atoms with Gasteiger partial charge in [-0.15, -0.1) is 0 Å². The lowest BCUT2D eigenvalue weighted by molar-refractivity contribution is -0.148. The molecule has 2 aromatic rings. The SMILES string of the molecule is COCCOc1ccc(CN(C[C@H](CCc2ccccc2)NC(=O)[C@@](O)(NC(=O)N(C)C)C(C)C)NC(=O)[C@@H](NC(=O)N(C)C)C(C)C)cc1. The highest BCUT2D eigenvalue weighted by atomic mass is 16.5. The number of aryl methyl sites for hydroxylation is 1. The number of amides is 6. The predicted octanol–water partition coefficient (Wildman–Crippen LogP) is 2.57. The zero-order valence-corrected chi connectivity index (χ0v) is 31.0. The molecule has 14 heteroatoms. The van der Waals surface area contributed by atoms with Crippen molar-refractivity contribution in [2.75, 3.05) is 55.1 Å². The standard InChI is InChI=1S/C36H57N7O7/c1-25(2)31(38-34(46)41(5)6)32(44)40-43(23-28-16-19-30(20-17-28)50-22-21-49-9)24-29(18-15-27-13-11-10-12-14-27)37-33(45)36(48,26(3)4)39-35(47)42(7)8/h10-14,16-17,19-20,25-26,29,31,48H,15,18,21-24H2,1-9H3,(H,37,45)(H,38,46)(H,39,47)(H,40,44)/t29-,31-,36+/m0/s1. The van der Waals surface area contributed by atoms with Gasteiger partial charge in [0.25, 0.3) is 11.8 Å². The largest absolute Gasteiger partial charge is 0.491 e. The van der Waals surface area contributed by atoms with E-state index in [4.69, 9.17) is 9.47 Å². The average molecular weight is 700 g/mol. The maximum absolute atomic E-state index is 13.8. The number of hydrogen-bond acceptors (Lipinski definition) is 8. The smallest absolute Gasteiger partial charge is 0.319 e. The van der Waals surface area contributed by atoms with Crippen LogP contribution in [0.25, 0.3) is 0 Å². The molecule has 0 aromatic heterocycles. The Morgan fingerprint density at radius 2 is 1.44 bits per heavy atom. The molecule has 2 aromatic carbocycles. The Labute approximate surface area is 296 Å². The number of hydrogen-bond donors (Lipinski definition) is 5. The van der Waals surface area contributed by atoms with Crippen molar-refractivity contribution in [3.8, 4) is 5.75 Å². The zero-order valence-electron chi connectivity index (χ0n) is 31.0. The molecule has 0 fully saturated rings. The minimum Gasteiger partial charge on any atom is -0.491 e. The second-order valence-corrected chi connectivity index (χ2v) is 13.3. The van der Waals surface area contributed by atoms with E-state index in [1.54, 1.807) is 40.1 Å². The van der Waals surface area contributed by atoms with Crippen molar-refractivity contribution in [2.45, 2.75) is 64.9 Å². The van der Waals surface area contributed by atoms with Crippen molar-refractivity contribution in [3.05, 3.63) is 65.7 Å². The minimum absolute atomic E-state index is 0.124. The van der Waals surface area contributed by atoms with Crippen LogP contribution in [-0.2, 0) is 27.3 Å². The monoisotopic (exact) mass is 699 g/mol. The summed E-state index contributed by atoms with van der Waals surface area (Å²) in [6.45, 7) is 8.15. The van der Waals surface area contributed by atoms with Crippen LogP contribution in [-0.4, -0.2) is 117 Å². The van der Waals surface area contributed by atoms with E-state index in [1.807, 2.05) is 68.4 Å². The fourth-order valence-corrected chi connectivity index (χ4v) is 4.82. The molecule has 5 N–H and O–H groups in total. The van der Waals surface area contributed by atoms with E-state index in [0.29, 0.717) is 31.8 Å². The second-order valence-electron chi connectivity index (χ2n) is 13.3. The molecule has 0 saturated carbocycles. The Hall–Kier alpha value is -4.40.